The molecule has 5 heterocycles. The standard InChI is InChI=1S/C24H25F3N6OS2/c1-14-30-13-20(35-14)22(34)29-9-3-4-15-12-19-21(28-10-11-33(19)23(15)36-24(25,26)27)31-17-7-5-16-6-8-18(17)32(16)2/h10-13,16-18H,5-9H2,1-2H3,(H,28,31)(H,29,34)/t16-,17-,18-/m1/s1. The highest BCUT2D eigenvalue weighted by Gasteiger charge is 2.40. The number of piperidine rings is 1. The molecule has 2 saturated heterocycles. The number of rotatable bonds is 5. The highest BCUT2D eigenvalue weighted by atomic mass is 32.2. The third-order valence-electron chi connectivity index (χ3n) is 6.76. The van der Waals surface area contributed by atoms with Crippen LogP contribution in [0.5, 0.6) is 0 Å². The van der Waals surface area contributed by atoms with Crippen molar-refractivity contribution in [2.24, 2.45) is 0 Å². The third kappa shape index (κ3) is 5.19. The molecular formula is C24H25F3N6OS2. The van der Waals surface area contributed by atoms with Crippen LogP contribution in [0.25, 0.3) is 5.52 Å². The minimum Gasteiger partial charge on any atom is -0.364 e. The van der Waals surface area contributed by atoms with E-state index in [0.717, 1.165) is 24.3 Å². The van der Waals surface area contributed by atoms with E-state index in [0.29, 0.717) is 28.3 Å². The molecule has 190 valence electrons. The molecule has 3 aromatic heterocycles. The van der Waals surface area contributed by atoms with Crippen LogP contribution in [0.2, 0.25) is 0 Å². The molecule has 12 heteroatoms. The molecular weight excluding hydrogens is 509 g/mol. The molecule has 3 atom stereocenters. The van der Waals surface area contributed by atoms with Crippen molar-refractivity contribution in [2.45, 2.75) is 61.3 Å². The number of anilines is 1. The molecule has 5 rings (SSSR count). The van der Waals surface area contributed by atoms with E-state index in [1.807, 2.05) is 0 Å². The summed E-state index contributed by atoms with van der Waals surface area (Å²) in [6.45, 7) is 1.80. The second kappa shape index (κ2) is 9.95. The molecule has 0 unspecified atom stereocenters. The van der Waals surface area contributed by atoms with Crippen molar-refractivity contribution in [1.82, 2.24) is 24.6 Å². The maximum atomic E-state index is 13.4. The second-order valence-corrected chi connectivity index (χ2v) is 11.3. The molecule has 0 aliphatic carbocycles. The predicted octanol–water partition coefficient (Wildman–Crippen LogP) is 4.53. The van der Waals surface area contributed by atoms with Gasteiger partial charge in [0.25, 0.3) is 5.91 Å². The molecule has 2 aliphatic heterocycles. The summed E-state index contributed by atoms with van der Waals surface area (Å²) < 4.78 is 41.8. The van der Waals surface area contributed by atoms with Crippen LogP contribution in [0.15, 0.2) is 29.7 Å². The van der Waals surface area contributed by atoms with Crippen LogP contribution in [-0.2, 0) is 0 Å². The van der Waals surface area contributed by atoms with Crippen molar-refractivity contribution in [3.8, 4) is 11.8 Å². The van der Waals surface area contributed by atoms with Gasteiger partial charge in [-0.15, -0.1) is 11.3 Å². The number of amides is 1. The fourth-order valence-electron chi connectivity index (χ4n) is 5.09. The Labute approximate surface area is 214 Å². The number of aryl methyl sites for hydroxylation is 1. The Kier molecular flexibility index (Phi) is 6.89. The third-order valence-corrected chi connectivity index (χ3v) is 8.51. The average Bonchev–Trinajstić information content (AvgIpc) is 3.46. The summed E-state index contributed by atoms with van der Waals surface area (Å²) in [7, 11) is 2.14. The van der Waals surface area contributed by atoms with Gasteiger partial charge in [0.2, 0.25) is 0 Å². The van der Waals surface area contributed by atoms with Crippen LogP contribution < -0.4 is 10.6 Å². The minimum absolute atomic E-state index is 0.00128. The van der Waals surface area contributed by atoms with Gasteiger partial charge in [-0.2, -0.15) is 13.2 Å². The van der Waals surface area contributed by atoms with Crippen LogP contribution in [0, 0.1) is 18.8 Å². The van der Waals surface area contributed by atoms with E-state index in [-0.39, 0.29) is 40.8 Å². The van der Waals surface area contributed by atoms with Gasteiger partial charge < -0.3 is 15.0 Å². The fraction of sp³-hybridized carbons (Fsp3) is 0.458. The van der Waals surface area contributed by atoms with Crippen molar-refractivity contribution in [3.63, 3.8) is 0 Å². The van der Waals surface area contributed by atoms with Crippen LogP contribution in [0.3, 0.4) is 0 Å². The number of carbonyl (C=O) groups excluding carboxylic acids is 1. The van der Waals surface area contributed by atoms with Gasteiger partial charge in [0.05, 0.1) is 28.8 Å². The molecule has 2 bridgehead atoms. The Morgan fingerprint density at radius 1 is 1.28 bits per heavy atom. The number of fused-ring (bicyclic) bond motifs is 3. The summed E-state index contributed by atoms with van der Waals surface area (Å²) in [5, 5.41) is 6.92. The molecule has 2 aliphatic rings. The van der Waals surface area contributed by atoms with Gasteiger partial charge in [-0.05, 0) is 45.7 Å². The highest BCUT2D eigenvalue weighted by Crippen LogP contribution is 2.41. The number of likely N-dealkylation sites (N-methyl/N-ethyl adjacent to an activating group) is 1. The molecule has 1 amide bonds. The molecule has 0 saturated carbocycles. The zero-order valence-corrected chi connectivity index (χ0v) is 21.4. The van der Waals surface area contributed by atoms with Gasteiger partial charge >= 0.3 is 5.51 Å². The summed E-state index contributed by atoms with van der Waals surface area (Å²) in [6.07, 6.45) is 8.88. The molecule has 0 aromatic carbocycles. The summed E-state index contributed by atoms with van der Waals surface area (Å²) in [6, 6.07) is 2.81. The Morgan fingerprint density at radius 3 is 2.83 bits per heavy atom. The lowest BCUT2D eigenvalue weighted by Gasteiger charge is -2.38. The highest BCUT2D eigenvalue weighted by molar-refractivity contribution is 8.00. The van der Waals surface area contributed by atoms with Crippen LogP contribution in [0.4, 0.5) is 19.0 Å². The minimum atomic E-state index is -4.48. The van der Waals surface area contributed by atoms with Gasteiger partial charge in [-0.25, -0.2) is 9.97 Å². The van der Waals surface area contributed by atoms with E-state index >= 15 is 0 Å². The van der Waals surface area contributed by atoms with Gasteiger partial charge in [0.1, 0.15) is 9.90 Å². The maximum Gasteiger partial charge on any atom is 0.447 e. The quantitative estimate of drug-likeness (QED) is 0.370. The number of hydrogen-bond donors (Lipinski definition) is 2. The van der Waals surface area contributed by atoms with Crippen molar-refractivity contribution in [3.05, 3.63) is 40.1 Å². The normalized spacial score (nSPS) is 21.9. The molecule has 2 N–H and O–H groups in total. The number of thiazole rings is 1. The van der Waals surface area contributed by atoms with E-state index in [4.69, 9.17) is 0 Å². The van der Waals surface area contributed by atoms with Crippen LogP contribution >= 0.6 is 23.1 Å². The predicted molar refractivity (Wildman–Crippen MR) is 134 cm³/mol. The second-order valence-electron chi connectivity index (χ2n) is 8.96. The van der Waals surface area contributed by atoms with Gasteiger partial charge in [0, 0.05) is 42.3 Å². The lowest BCUT2D eigenvalue weighted by Crippen LogP contribution is -2.48. The zero-order chi connectivity index (χ0) is 25.4. The summed E-state index contributed by atoms with van der Waals surface area (Å²) >= 11 is 1.06. The maximum absolute atomic E-state index is 13.4. The average molecular weight is 535 g/mol. The number of carbonyl (C=O) groups is 1. The number of nitrogens with zero attached hydrogens (tertiary/aromatic N) is 4. The van der Waals surface area contributed by atoms with E-state index in [1.165, 1.54) is 40.7 Å². The van der Waals surface area contributed by atoms with E-state index < -0.39 is 5.51 Å². The largest absolute Gasteiger partial charge is 0.447 e. The fourth-order valence-corrected chi connectivity index (χ4v) is 6.48. The number of hydrogen-bond acceptors (Lipinski definition) is 7. The lowest BCUT2D eigenvalue weighted by atomic mass is 9.98. The molecule has 3 aromatic rings. The van der Waals surface area contributed by atoms with Gasteiger partial charge in [0.15, 0.2) is 5.82 Å². The van der Waals surface area contributed by atoms with Crippen molar-refractivity contribution in [2.75, 3.05) is 18.9 Å². The summed E-state index contributed by atoms with van der Waals surface area (Å²) in [5.41, 5.74) is -3.71. The summed E-state index contributed by atoms with van der Waals surface area (Å²) in [5.74, 6) is 5.84. The topological polar surface area (TPSA) is 74.6 Å². The van der Waals surface area contributed by atoms with E-state index in [1.54, 1.807) is 13.0 Å². The monoisotopic (exact) mass is 534 g/mol. The number of alkyl halides is 3. The van der Waals surface area contributed by atoms with E-state index in [2.05, 4.69) is 44.4 Å². The Balaban J connectivity index is 1.40. The zero-order valence-electron chi connectivity index (χ0n) is 19.7. The Bertz CT molecular complexity index is 1340. The molecule has 2 fully saturated rings. The smallest absolute Gasteiger partial charge is 0.364 e. The van der Waals surface area contributed by atoms with Gasteiger partial charge in [-0.3, -0.25) is 9.69 Å². The van der Waals surface area contributed by atoms with Gasteiger partial charge in [-0.1, -0.05) is 11.8 Å². The van der Waals surface area contributed by atoms with Crippen LogP contribution in [-0.4, -0.2) is 62.4 Å². The van der Waals surface area contributed by atoms with E-state index in [9.17, 15) is 18.0 Å². The van der Waals surface area contributed by atoms with Crippen molar-refractivity contribution < 1.29 is 18.0 Å². The first-order chi connectivity index (χ1) is 17.2. The number of aromatic nitrogens is 3. The SMILES string of the molecule is Cc1ncc(C(=O)NCC#Cc2cc3c(N[C@@H]4CC[C@@H]5CC[C@H]4N5C)nccn3c2SC(F)(F)F)s1. The first-order valence-electron chi connectivity index (χ1n) is 11.6. The summed E-state index contributed by atoms with van der Waals surface area (Å²) in [4.78, 5) is 23.6. The number of halogens is 3. The first-order valence-corrected chi connectivity index (χ1v) is 13.3. The lowest BCUT2D eigenvalue weighted by molar-refractivity contribution is -0.0329. The van der Waals surface area contributed by atoms with Crippen molar-refractivity contribution in [1.29, 1.82) is 0 Å². The van der Waals surface area contributed by atoms with Crippen LogP contribution in [0.1, 0.15) is 45.9 Å². The Hall–Kier alpha value is -2.75. The van der Waals surface area contributed by atoms with Crippen molar-refractivity contribution >= 4 is 40.3 Å². The Morgan fingerprint density at radius 2 is 2.08 bits per heavy atom. The molecule has 0 spiro atoms. The molecule has 0 radical (unpaired) electrons. The first kappa shape index (κ1) is 24.9. The number of nitrogens with one attached hydrogen (secondary N) is 2. The molecule has 7 nitrogen and oxygen atoms in total. The number of thioether (sulfide) groups is 1. The molecule has 36 heavy (non-hydrogen) atoms.